The van der Waals surface area contributed by atoms with Crippen molar-refractivity contribution in [2.75, 3.05) is 13.2 Å². The van der Waals surface area contributed by atoms with Crippen molar-refractivity contribution in [3.8, 4) is 0 Å². The third kappa shape index (κ3) is 9.22. The monoisotopic (exact) mass is 320 g/mol. The quantitative estimate of drug-likeness (QED) is 0.283. The van der Waals surface area contributed by atoms with Gasteiger partial charge in [-0.1, -0.05) is 28.1 Å². The molecule has 4 nitrogen and oxygen atoms in total. The Morgan fingerprint density at radius 3 is 2.44 bits per heavy atom. The normalized spacial score (nSPS) is 12.4. The van der Waals surface area contributed by atoms with Crippen molar-refractivity contribution in [2.24, 2.45) is 0 Å². The Morgan fingerprint density at radius 2 is 1.83 bits per heavy atom. The predicted octanol–water partition coefficient (Wildman–Crippen LogP) is 2.99. The highest BCUT2D eigenvalue weighted by Crippen LogP contribution is 2.09. The van der Waals surface area contributed by atoms with Crippen LogP contribution in [0.2, 0.25) is 0 Å². The fraction of sp³-hybridized carbons (Fsp3) is 0.692. The summed E-state index contributed by atoms with van der Waals surface area (Å²) in [4.78, 5) is 22.0. The summed E-state index contributed by atoms with van der Waals surface area (Å²) >= 11 is 3.26. The molecule has 0 bridgehead atoms. The van der Waals surface area contributed by atoms with Crippen LogP contribution in [-0.4, -0.2) is 30.0 Å². The highest BCUT2D eigenvalue weighted by atomic mass is 79.9. The Morgan fingerprint density at radius 1 is 1.17 bits per heavy atom. The first kappa shape index (κ1) is 17.2. The van der Waals surface area contributed by atoms with Crippen LogP contribution in [0.25, 0.3) is 0 Å². The van der Waals surface area contributed by atoms with Gasteiger partial charge < -0.3 is 9.47 Å². The van der Waals surface area contributed by atoms with Crippen molar-refractivity contribution in [1.82, 2.24) is 0 Å². The van der Waals surface area contributed by atoms with Crippen molar-refractivity contribution in [3.05, 3.63) is 12.2 Å². The van der Waals surface area contributed by atoms with E-state index in [4.69, 9.17) is 9.47 Å². The molecule has 18 heavy (non-hydrogen) atoms. The van der Waals surface area contributed by atoms with Crippen LogP contribution in [0.15, 0.2) is 12.2 Å². The van der Waals surface area contributed by atoms with Gasteiger partial charge in [0.25, 0.3) is 0 Å². The molecule has 0 aromatic carbocycles. The molecule has 0 N–H and O–H groups in total. The molecule has 0 aliphatic rings. The maximum Gasteiger partial charge on any atom is 0.320 e. The van der Waals surface area contributed by atoms with Gasteiger partial charge in [-0.3, -0.25) is 9.59 Å². The standard InChI is InChI=1S/C13H21BrO4/c1-3-17-12(15)10-8-6-5-7-9-11(14)13(16)18-4-2/h5,7,11H,3-4,6,8-10H2,1-2H3. The summed E-state index contributed by atoms with van der Waals surface area (Å²) in [7, 11) is 0. The van der Waals surface area contributed by atoms with Crippen LogP contribution in [0.5, 0.6) is 0 Å². The van der Waals surface area contributed by atoms with Gasteiger partial charge in [0.2, 0.25) is 0 Å². The third-order valence-electron chi connectivity index (χ3n) is 2.11. The number of hydrogen-bond acceptors (Lipinski definition) is 4. The highest BCUT2D eigenvalue weighted by Gasteiger charge is 2.13. The molecule has 0 spiro atoms. The van der Waals surface area contributed by atoms with Crippen LogP contribution in [0.4, 0.5) is 0 Å². The smallest absolute Gasteiger partial charge is 0.320 e. The minimum atomic E-state index is -0.293. The van der Waals surface area contributed by atoms with Gasteiger partial charge in [-0.15, -0.1) is 0 Å². The van der Waals surface area contributed by atoms with Crippen LogP contribution in [0.3, 0.4) is 0 Å². The van der Waals surface area contributed by atoms with Crippen LogP contribution < -0.4 is 0 Å². The van der Waals surface area contributed by atoms with E-state index in [2.05, 4.69) is 15.9 Å². The summed E-state index contributed by atoms with van der Waals surface area (Å²) in [5.41, 5.74) is 0. The summed E-state index contributed by atoms with van der Waals surface area (Å²) in [5, 5.41) is 0. The lowest BCUT2D eigenvalue weighted by Crippen LogP contribution is -2.16. The molecule has 0 saturated carbocycles. The largest absolute Gasteiger partial charge is 0.466 e. The molecule has 0 fully saturated rings. The van der Waals surface area contributed by atoms with Crippen molar-refractivity contribution < 1.29 is 19.1 Å². The van der Waals surface area contributed by atoms with E-state index in [1.807, 2.05) is 12.2 Å². The molecule has 5 heteroatoms. The number of alkyl halides is 1. The van der Waals surface area contributed by atoms with E-state index < -0.39 is 0 Å². The number of halogens is 1. The SMILES string of the molecule is CCOC(=O)CCCC=CCC(Br)C(=O)OCC. The van der Waals surface area contributed by atoms with Crippen LogP contribution >= 0.6 is 15.9 Å². The predicted molar refractivity (Wildman–Crippen MR) is 73.6 cm³/mol. The minimum absolute atomic E-state index is 0.157. The first-order valence-corrected chi connectivity index (χ1v) is 7.14. The molecule has 0 aromatic rings. The van der Waals surface area contributed by atoms with E-state index in [0.717, 1.165) is 12.8 Å². The molecule has 0 aromatic heterocycles. The van der Waals surface area contributed by atoms with Crippen molar-refractivity contribution >= 4 is 27.9 Å². The van der Waals surface area contributed by atoms with Gasteiger partial charge in [0.1, 0.15) is 4.83 Å². The number of hydrogen-bond donors (Lipinski definition) is 0. The minimum Gasteiger partial charge on any atom is -0.466 e. The van der Waals surface area contributed by atoms with Crippen molar-refractivity contribution in [1.29, 1.82) is 0 Å². The molecule has 1 unspecified atom stereocenters. The summed E-state index contributed by atoms with van der Waals surface area (Å²) in [6.07, 6.45) is 6.49. The van der Waals surface area contributed by atoms with Gasteiger partial charge in [-0.2, -0.15) is 0 Å². The second kappa shape index (κ2) is 11.3. The van der Waals surface area contributed by atoms with E-state index in [-0.39, 0.29) is 16.8 Å². The molecular weight excluding hydrogens is 300 g/mol. The van der Waals surface area contributed by atoms with Gasteiger partial charge in [-0.25, -0.2) is 0 Å². The Kier molecular flexibility index (Phi) is 10.7. The zero-order valence-corrected chi connectivity index (χ0v) is 12.6. The average Bonchev–Trinajstić information content (AvgIpc) is 2.33. The number of rotatable bonds is 9. The van der Waals surface area contributed by atoms with Gasteiger partial charge in [0.05, 0.1) is 13.2 Å². The fourth-order valence-corrected chi connectivity index (χ4v) is 1.61. The van der Waals surface area contributed by atoms with Gasteiger partial charge in [0.15, 0.2) is 0 Å². The molecule has 0 aliphatic heterocycles. The van der Waals surface area contributed by atoms with Gasteiger partial charge in [-0.05, 0) is 33.1 Å². The molecule has 104 valence electrons. The van der Waals surface area contributed by atoms with Crippen LogP contribution in [0.1, 0.15) is 39.5 Å². The van der Waals surface area contributed by atoms with Crippen molar-refractivity contribution in [2.45, 2.75) is 44.4 Å². The fourth-order valence-electron chi connectivity index (χ4n) is 1.26. The Bertz CT molecular complexity index is 276. The molecule has 0 rings (SSSR count). The lowest BCUT2D eigenvalue weighted by Gasteiger charge is -2.05. The van der Waals surface area contributed by atoms with Gasteiger partial charge in [0, 0.05) is 6.42 Å². The molecule has 0 radical (unpaired) electrons. The average molecular weight is 321 g/mol. The summed E-state index contributed by atoms with van der Waals surface area (Å²) in [6.45, 7) is 4.40. The molecular formula is C13H21BrO4. The van der Waals surface area contributed by atoms with Crippen LogP contribution in [0, 0.1) is 0 Å². The first-order chi connectivity index (χ1) is 8.61. The molecule has 1 atom stereocenters. The number of esters is 2. The molecule has 0 heterocycles. The number of carbonyl (C=O) groups is 2. The zero-order chi connectivity index (χ0) is 13.8. The number of allylic oxidation sites excluding steroid dienone is 2. The summed E-state index contributed by atoms with van der Waals surface area (Å²) in [6, 6.07) is 0. The summed E-state index contributed by atoms with van der Waals surface area (Å²) in [5.74, 6) is -0.399. The summed E-state index contributed by atoms with van der Waals surface area (Å²) < 4.78 is 9.67. The first-order valence-electron chi connectivity index (χ1n) is 6.23. The second-order valence-electron chi connectivity index (χ2n) is 3.62. The van der Waals surface area contributed by atoms with E-state index >= 15 is 0 Å². The molecule has 0 aliphatic carbocycles. The highest BCUT2D eigenvalue weighted by molar-refractivity contribution is 9.10. The van der Waals surface area contributed by atoms with Crippen molar-refractivity contribution in [3.63, 3.8) is 0 Å². The number of ether oxygens (including phenoxy) is 2. The zero-order valence-electron chi connectivity index (χ0n) is 11.0. The maximum absolute atomic E-state index is 11.3. The van der Waals surface area contributed by atoms with E-state index in [1.54, 1.807) is 13.8 Å². The van der Waals surface area contributed by atoms with Crippen LogP contribution in [-0.2, 0) is 19.1 Å². The lowest BCUT2D eigenvalue weighted by molar-refractivity contribution is -0.143. The number of carbonyl (C=O) groups excluding carboxylic acids is 2. The lowest BCUT2D eigenvalue weighted by atomic mass is 10.2. The van der Waals surface area contributed by atoms with E-state index in [1.165, 1.54) is 0 Å². The number of unbranched alkanes of at least 4 members (excludes halogenated alkanes) is 1. The third-order valence-corrected chi connectivity index (χ3v) is 2.86. The van der Waals surface area contributed by atoms with E-state index in [0.29, 0.717) is 26.1 Å². The van der Waals surface area contributed by atoms with Gasteiger partial charge >= 0.3 is 11.9 Å². The Hall–Kier alpha value is -0.840. The Labute approximate surface area is 117 Å². The maximum atomic E-state index is 11.3. The molecule has 0 amide bonds. The second-order valence-corrected chi connectivity index (χ2v) is 4.73. The van der Waals surface area contributed by atoms with E-state index in [9.17, 15) is 9.59 Å². The Balaban J connectivity index is 3.59. The topological polar surface area (TPSA) is 52.6 Å². The molecule has 0 saturated heterocycles.